The molecule has 56 valence electrons. The van der Waals surface area contributed by atoms with Gasteiger partial charge in [-0.1, -0.05) is 0 Å². The summed E-state index contributed by atoms with van der Waals surface area (Å²) in [7, 11) is 0. The molecule has 2 heterocycles. The van der Waals surface area contributed by atoms with Crippen LogP contribution in [0, 0.1) is 0 Å². The second-order valence-electron chi connectivity index (χ2n) is 2.28. The molecule has 0 fully saturated rings. The summed E-state index contributed by atoms with van der Waals surface area (Å²) in [6.45, 7) is 0. The highest BCUT2D eigenvalue weighted by Crippen LogP contribution is 2.18. The lowest BCUT2D eigenvalue weighted by molar-refractivity contribution is 1.18. The SMILES string of the molecule is Nc1cc(Br)c2nccn2c1. The van der Waals surface area contributed by atoms with Crippen LogP contribution in [0.2, 0.25) is 0 Å². The normalized spacial score (nSPS) is 10.6. The highest BCUT2D eigenvalue weighted by atomic mass is 79.9. The number of aromatic nitrogens is 2. The average molecular weight is 212 g/mol. The second-order valence-corrected chi connectivity index (χ2v) is 3.13. The lowest BCUT2D eigenvalue weighted by Gasteiger charge is -1.97. The van der Waals surface area contributed by atoms with Gasteiger partial charge in [0.2, 0.25) is 0 Å². The average Bonchev–Trinajstić information content (AvgIpc) is 2.34. The van der Waals surface area contributed by atoms with Crippen LogP contribution in [0.5, 0.6) is 0 Å². The fourth-order valence-electron chi connectivity index (χ4n) is 1.01. The highest BCUT2D eigenvalue weighted by molar-refractivity contribution is 9.10. The van der Waals surface area contributed by atoms with E-state index >= 15 is 0 Å². The van der Waals surface area contributed by atoms with Crippen molar-refractivity contribution in [2.45, 2.75) is 0 Å². The molecule has 0 aromatic carbocycles. The van der Waals surface area contributed by atoms with Gasteiger partial charge in [0, 0.05) is 24.3 Å². The van der Waals surface area contributed by atoms with E-state index in [1.165, 1.54) is 0 Å². The number of pyridine rings is 1. The number of nitrogen functional groups attached to an aromatic ring is 1. The molecular weight excluding hydrogens is 206 g/mol. The Balaban J connectivity index is 2.91. The van der Waals surface area contributed by atoms with E-state index in [-0.39, 0.29) is 0 Å². The molecule has 0 unspecified atom stereocenters. The van der Waals surface area contributed by atoms with Crippen LogP contribution in [0.1, 0.15) is 0 Å². The molecule has 2 rings (SSSR count). The quantitative estimate of drug-likeness (QED) is 0.721. The van der Waals surface area contributed by atoms with E-state index in [0.717, 1.165) is 15.8 Å². The Labute approximate surface area is 72.0 Å². The molecule has 11 heavy (non-hydrogen) atoms. The molecule has 0 aliphatic rings. The van der Waals surface area contributed by atoms with Gasteiger partial charge in [-0.2, -0.15) is 0 Å². The number of anilines is 1. The van der Waals surface area contributed by atoms with Crippen LogP contribution in [0.25, 0.3) is 5.65 Å². The van der Waals surface area contributed by atoms with E-state index < -0.39 is 0 Å². The van der Waals surface area contributed by atoms with Crippen LogP contribution < -0.4 is 5.73 Å². The van der Waals surface area contributed by atoms with Crippen molar-refractivity contribution < 1.29 is 0 Å². The fourth-order valence-corrected chi connectivity index (χ4v) is 1.58. The van der Waals surface area contributed by atoms with Gasteiger partial charge >= 0.3 is 0 Å². The largest absolute Gasteiger partial charge is 0.397 e. The summed E-state index contributed by atoms with van der Waals surface area (Å²) in [5.41, 5.74) is 7.22. The molecule has 0 bridgehead atoms. The van der Waals surface area contributed by atoms with Crippen molar-refractivity contribution in [1.29, 1.82) is 0 Å². The first-order chi connectivity index (χ1) is 5.27. The van der Waals surface area contributed by atoms with Gasteiger partial charge in [-0.05, 0) is 22.0 Å². The Morgan fingerprint density at radius 3 is 3.18 bits per heavy atom. The molecule has 0 radical (unpaired) electrons. The number of rotatable bonds is 0. The first-order valence-electron chi connectivity index (χ1n) is 3.15. The van der Waals surface area contributed by atoms with Crippen molar-refractivity contribution in [2.75, 3.05) is 5.73 Å². The number of nitrogens with zero attached hydrogens (tertiary/aromatic N) is 2. The van der Waals surface area contributed by atoms with Gasteiger partial charge in [-0.15, -0.1) is 0 Å². The van der Waals surface area contributed by atoms with Crippen LogP contribution in [0.3, 0.4) is 0 Å². The summed E-state index contributed by atoms with van der Waals surface area (Å²) in [5, 5.41) is 0. The zero-order chi connectivity index (χ0) is 7.84. The predicted molar refractivity (Wildman–Crippen MR) is 47.3 cm³/mol. The van der Waals surface area contributed by atoms with Gasteiger partial charge in [-0.25, -0.2) is 4.98 Å². The van der Waals surface area contributed by atoms with Crippen LogP contribution in [0.4, 0.5) is 5.69 Å². The topological polar surface area (TPSA) is 43.3 Å². The summed E-state index contributed by atoms with van der Waals surface area (Å²) >= 11 is 3.36. The fraction of sp³-hybridized carbons (Fsp3) is 0. The van der Waals surface area contributed by atoms with Crippen molar-refractivity contribution >= 4 is 27.3 Å². The maximum absolute atomic E-state index is 5.61. The van der Waals surface area contributed by atoms with E-state index in [2.05, 4.69) is 20.9 Å². The van der Waals surface area contributed by atoms with Crippen molar-refractivity contribution in [1.82, 2.24) is 9.38 Å². The maximum atomic E-state index is 5.61. The minimum absolute atomic E-state index is 0.724. The minimum Gasteiger partial charge on any atom is -0.397 e. The van der Waals surface area contributed by atoms with Gasteiger partial charge in [0.15, 0.2) is 5.65 Å². The van der Waals surface area contributed by atoms with Crippen molar-refractivity contribution in [3.8, 4) is 0 Å². The molecule has 0 amide bonds. The zero-order valence-electron chi connectivity index (χ0n) is 5.66. The standard InChI is InChI=1S/C7H6BrN3/c8-6-3-5(9)4-11-2-1-10-7(6)11/h1-4H,9H2. The zero-order valence-corrected chi connectivity index (χ0v) is 7.25. The van der Waals surface area contributed by atoms with Crippen LogP contribution in [0.15, 0.2) is 29.1 Å². The van der Waals surface area contributed by atoms with Crippen molar-refractivity contribution in [3.05, 3.63) is 29.1 Å². The molecule has 0 saturated carbocycles. The minimum atomic E-state index is 0.724. The smallest absolute Gasteiger partial charge is 0.151 e. The molecule has 2 N–H and O–H groups in total. The molecule has 4 heteroatoms. The number of hydrogen-bond acceptors (Lipinski definition) is 2. The first-order valence-corrected chi connectivity index (χ1v) is 3.94. The number of hydrogen-bond donors (Lipinski definition) is 1. The Bertz CT molecular complexity index is 393. The van der Waals surface area contributed by atoms with Gasteiger partial charge in [0.05, 0.1) is 4.47 Å². The molecule has 0 spiro atoms. The molecule has 0 aliphatic heterocycles. The maximum Gasteiger partial charge on any atom is 0.151 e. The molecule has 0 atom stereocenters. The van der Waals surface area contributed by atoms with E-state index in [0.29, 0.717) is 0 Å². The number of nitrogens with two attached hydrogens (primary N) is 1. The lowest BCUT2D eigenvalue weighted by atomic mass is 10.4. The molecule has 3 nitrogen and oxygen atoms in total. The third kappa shape index (κ3) is 0.991. The van der Waals surface area contributed by atoms with Crippen molar-refractivity contribution in [2.24, 2.45) is 0 Å². The van der Waals surface area contributed by atoms with Crippen LogP contribution in [-0.2, 0) is 0 Å². The summed E-state index contributed by atoms with van der Waals surface area (Å²) in [6, 6.07) is 1.84. The Kier molecular flexibility index (Phi) is 1.35. The van der Waals surface area contributed by atoms with E-state index in [9.17, 15) is 0 Å². The van der Waals surface area contributed by atoms with Gasteiger partial charge in [0.25, 0.3) is 0 Å². The number of fused-ring (bicyclic) bond motifs is 1. The number of halogens is 1. The monoisotopic (exact) mass is 211 g/mol. The Morgan fingerprint density at radius 1 is 1.55 bits per heavy atom. The van der Waals surface area contributed by atoms with Crippen LogP contribution >= 0.6 is 15.9 Å². The molecule has 0 aliphatic carbocycles. The summed E-state index contributed by atoms with van der Waals surface area (Å²) < 4.78 is 2.79. The van der Waals surface area contributed by atoms with Gasteiger partial charge < -0.3 is 10.1 Å². The van der Waals surface area contributed by atoms with E-state index in [1.807, 2.05) is 22.9 Å². The number of imidazole rings is 1. The van der Waals surface area contributed by atoms with E-state index in [4.69, 9.17) is 5.73 Å². The molecule has 2 aromatic rings. The predicted octanol–water partition coefficient (Wildman–Crippen LogP) is 1.68. The first kappa shape index (κ1) is 6.67. The highest BCUT2D eigenvalue weighted by Gasteiger charge is 1.99. The molecular formula is C7H6BrN3. The lowest BCUT2D eigenvalue weighted by Crippen LogP contribution is -1.90. The molecule has 2 aromatic heterocycles. The summed E-state index contributed by atoms with van der Waals surface area (Å²) in [5.74, 6) is 0. The summed E-state index contributed by atoms with van der Waals surface area (Å²) in [6.07, 6.45) is 5.42. The van der Waals surface area contributed by atoms with Crippen molar-refractivity contribution in [3.63, 3.8) is 0 Å². The third-order valence-electron chi connectivity index (χ3n) is 1.46. The van der Waals surface area contributed by atoms with E-state index in [1.54, 1.807) is 6.20 Å². The van der Waals surface area contributed by atoms with Crippen LogP contribution in [-0.4, -0.2) is 9.38 Å². The second kappa shape index (κ2) is 2.23. The van der Waals surface area contributed by atoms with Gasteiger partial charge in [-0.3, -0.25) is 0 Å². The van der Waals surface area contributed by atoms with Gasteiger partial charge in [0.1, 0.15) is 0 Å². The Hall–Kier alpha value is -1.03. The summed E-state index contributed by atoms with van der Waals surface area (Å²) in [4.78, 5) is 4.12. The third-order valence-corrected chi connectivity index (χ3v) is 2.05. The Morgan fingerprint density at radius 2 is 2.36 bits per heavy atom. The molecule has 0 saturated heterocycles.